The van der Waals surface area contributed by atoms with Crippen LogP contribution in [0.2, 0.25) is 0 Å². The van der Waals surface area contributed by atoms with E-state index in [4.69, 9.17) is 4.42 Å². The molecule has 1 aromatic carbocycles. The molecule has 1 amide bonds. The summed E-state index contributed by atoms with van der Waals surface area (Å²) in [7, 11) is 0. The van der Waals surface area contributed by atoms with Crippen LogP contribution in [0.15, 0.2) is 39.4 Å². The zero-order valence-corrected chi connectivity index (χ0v) is 10.1. The number of hydrogen-bond acceptors (Lipinski definition) is 3. The maximum Gasteiger partial charge on any atom is 0.277 e. The summed E-state index contributed by atoms with van der Waals surface area (Å²) < 4.78 is 5.79. The molecule has 1 N–H and O–H groups in total. The van der Waals surface area contributed by atoms with Gasteiger partial charge < -0.3 is 9.73 Å². The number of aromatic nitrogens is 1. The van der Waals surface area contributed by atoms with E-state index in [0.29, 0.717) is 11.6 Å². The summed E-state index contributed by atoms with van der Waals surface area (Å²) in [4.78, 5) is 15.7. The van der Waals surface area contributed by atoms with E-state index in [1.54, 1.807) is 13.0 Å². The first kappa shape index (κ1) is 10.9. The number of carbonyl (C=O) groups is 1. The van der Waals surface area contributed by atoms with Crippen molar-refractivity contribution >= 4 is 27.5 Å². The van der Waals surface area contributed by atoms with Crippen molar-refractivity contribution in [2.45, 2.75) is 6.92 Å². The van der Waals surface area contributed by atoms with Gasteiger partial charge in [0.15, 0.2) is 11.6 Å². The molecule has 0 bridgehead atoms. The van der Waals surface area contributed by atoms with Crippen molar-refractivity contribution in [3.05, 3.63) is 46.6 Å². The largest absolute Gasteiger partial charge is 0.448 e. The Balaban J connectivity index is 2.17. The van der Waals surface area contributed by atoms with Gasteiger partial charge in [-0.25, -0.2) is 4.98 Å². The molecule has 2 aromatic rings. The van der Waals surface area contributed by atoms with Gasteiger partial charge in [-0.15, -0.1) is 0 Å². The number of para-hydroxylation sites is 1. The molecule has 0 aliphatic carbocycles. The van der Waals surface area contributed by atoms with Gasteiger partial charge >= 0.3 is 0 Å². The van der Waals surface area contributed by atoms with Crippen LogP contribution in [0.4, 0.5) is 5.69 Å². The Morgan fingerprint density at radius 1 is 1.44 bits per heavy atom. The third kappa shape index (κ3) is 2.30. The quantitative estimate of drug-likeness (QED) is 0.920. The van der Waals surface area contributed by atoms with Gasteiger partial charge in [0.25, 0.3) is 5.91 Å². The van der Waals surface area contributed by atoms with Gasteiger partial charge in [0.2, 0.25) is 0 Å². The Morgan fingerprint density at radius 2 is 2.19 bits per heavy atom. The fourth-order valence-electron chi connectivity index (χ4n) is 1.22. The van der Waals surface area contributed by atoms with Gasteiger partial charge in [-0.05, 0) is 28.1 Å². The first-order valence-electron chi connectivity index (χ1n) is 4.65. The lowest BCUT2D eigenvalue weighted by Gasteiger charge is -2.04. The van der Waals surface area contributed by atoms with Gasteiger partial charge in [0, 0.05) is 11.4 Å². The molecule has 0 unspecified atom stereocenters. The lowest BCUT2D eigenvalue weighted by molar-refractivity contribution is 0.102. The van der Waals surface area contributed by atoms with Crippen LogP contribution < -0.4 is 5.32 Å². The number of carbonyl (C=O) groups excluding carboxylic acids is 1. The van der Waals surface area contributed by atoms with Crippen molar-refractivity contribution in [2.24, 2.45) is 0 Å². The predicted octanol–water partition coefficient (Wildman–Crippen LogP) is 3.00. The molecule has 0 saturated heterocycles. The number of halogens is 1. The Morgan fingerprint density at radius 3 is 2.81 bits per heavy atom. The highest BCUT2D eigenvalue weighted by Gasteiger charge is 2.11. The SMILES string of the molecule is Cc1nc(C(=O)Nc2ccccc2Br)co1. The van der Waals surface area contributed by atoms with Crippen molar-refractivity contribution in [1.29, 1.82) is 0 Å². The normalized spacial score (nSPS) is 10.1. The molecule has 0 saturated carbocycles. The van der Waals surface area contributed by atoms with E-state index < -0.39 is 0 Å². The second-order valence-corrected chi connectivity index (χ2v) is 4.04. The van der Waals surface area contributed by atoms with E-state index in [-0.39, 0.29) is 11.6 Å². The van der Waals surface area contributed by atoms with E-state index in [1.807, 2.05) is 18.2 Å². The van der Waals surface area contributed by atoms with Gasteiger partial charge in [-0.2, -0.15) is 0 Å². The Bertz CT molecular complexity index is 522. The number of oxazole rings is 1. The first-order valence-corrected chi connectivity index (χ1v) is 5.44. The number of anilines is 1. The topological polar surface area (TPSA) is 55.1 Å². The minimum absolute atomic E-state index is 0.272. The van der Waals surface area contributed by atoms with E-state index in [9.17, 15) is 4.79 Å². The van der Waals surface area contributed by atoms with Crippen LogP contribution >= 0.6 is 15.9 Å². The zero-order valence-electron chi connectivity index (χ0n) is 8.53. The average molecular weight is 281 g/mol. The van der Waals surface area contributed by atoms with Crippen LogP contribution in [0, 0.1) is 6.92 Å². The minimum Gasteiger partial charge on any atom is -0.448 e. The number of aryl methyl sites for hydroxylation is 1. The zero-order chi connectivity index (χ0) is 11.5. The van der Waals surface area contributed by atoms with Crippen molar-refractivity contribution in [1.82, 2.24) is 4.98 Å². The average Bonchev–Trinajstić information content (AvgIpc) is 2.68. The van der Waals surface area contributed by atoms with Gasteiger partial charge in [-0.3, -0.25) is 4.79 Å². The van der Waals surface area contributed by atoms with Crippen molar-refractivity contribution < 1.29 is 9.21 Å². The molecule has 5 heteroatoms. The van der Waals surface area contributed by atoms with E-state index in [0.717, 1.165) is 4.47 Å². The van der Waals surface area contributed by atoms with Crippen molar-refractivity contribution in [3.8, 4) is 0 Å². The molecule has 82 valence electrons. The van der Waals surface area contributed by atoms with Crippen LogP contribution in [0.25, 0.3) is 0 Å². The number of nitrogens with zero attached hydrogens (tertiary/aromatic N) is 1. The molecule has 1 heterocycles. The number of hydrogen-bond donors (Lipinski definition) is 1. The molecule has 2 rings (SSSR count). The van der Waals surface area contributed by atoms with Crippen LogP contribution in [0.5, 0.6) is 0 Å². The molecular weight excluding hydrogens is 272 g/mol. The first-order chi connectivity index (χ1) is 7.66. The highest BCUT2D eigenvalue weighted by Crippen LogP contribution is 2.21. The monoisotopic (exact) mass is 280 g/mol. The molecule has 0 fully saturated rings. The van der Waals surface area contributed by atoms with Crippen LogP contribution in [-0.2, 0) is 0 Å². The Hall–Kier alpha value is -1.62. The summed E-state index contributed by atoms with van der Waals surface area (Å²) in [5.41, 5.74) is 0.974. The molecule has 0 aliphatic heterocycles. The van der Waals surface area contributed by atoms with Crippen LogP contribution in [0.3, 0.4) is 0 Å². The number of rotatable bonds is 2. The van der Waals surface area contributed by atoms with E-state index in [1.165, 1.54) is 6.26 Å². The fraction of sp³-hybridized carbons (Fsp3) is 0.0909. The molecule has 16 heavy (non-hydrogen) atoms. The minimum atomic E-state index is -0.288. The predicted molar refractivity (Wildman–Crippen MR) is 63.3 cm³/mol. The summed E-state index contributed by atoms with van der Waals surface area (Å²) in [6, 6.07) is 7.37. The van der Waals surface area contributed by atoms with Crippen molar-refractivity contribution in [3.63, 3.8) is 0 Å². The third-order valence-corrected chi connectivity index (χ3v) is 2.67. The smallest absolute Gasteiger partial charge is 0.277 e. The second-order valence-electron chi connectivity index (χ2n) is 3.19. The fourth-order valence-corrected chi connectivity index (χ4v) is 1.60. The summed E-state index contributed by atoms with van der Waals surface area (Å²) >= 11 is 3.34. The summed E-state index contributed by atoms with van der Waals surface area (Å²) in [6.07, 6.45) is 1.33. The lowest BCUT2D eigenvalue weighted by Crippen LogP contribution is -2.12. The van der Waals surface area contributed by atoms with Crippen LogP contribution in [-0.4, -0.2) is 10.9 Å². The summed E-state index contributed by atoms with van der Waals surface area (Å²) in [5, 5.41) is 2.73. The molecule has 0 aliphatic rings. The number of amides is 1. The highest BCUT2D eigenvalue weighted by molar-refractivity contribution is 9.10. The molecule has 0 spiro atoms. The van der Waals surface area contributed by atoms with Crippen molar-refractivity contribution in [2.75, 3.05) is 5.32 Å². The molecule has 4 nitrogen and oxygen atoms in total. The van der Waals surface area contributed by atoms with E-state index in [2.05, 4.69) is 26.2 Å². The molecular formula is C11H9BrN2O2. The lowest BCUT2D eigenvalue weighted by atomic mass is 10.3. The second kappa shape index (κ2) is 4.49. The maximum absolute atomic E-state index is 11.7. The van der Waals surface area contributed by atoms with Gasteiger partial charge in [0.05, 0.1) is 5.69 Å². The Labute approximate surface area is 101 Å². The highest BCUT2D eigenvalue weighted by atomic mass is 79.9. The van der Waals surface area contributed by atoms with Gasteiger partial charge in [-0.1, -0.05) is 12.1 Å². The molecule has 1 aromatic heterocycles. The number of benzene rings is 1. The standard InChI is InChI=1S/C11H9BrN2O2/c1-7-13-10(6-16-7)11(15)14-9-5-3-2-4-8(9)12/h2-6H,1H3,(H,14,15). The van der Waals surface area contributed by atoms with Crippen LogP contribution in [0.1, 0.15) is 16.4 Å². The van der Waals surface area contributed by atoms with Gasteiger partial charge in [0.1, 0.15) is 6.26 Å². The maximum atomic E-state index is 11.7. The third-order valence-electron chi connectivity index (χ3n) is 1.97. The van der Waals surface area contributed by atoms with E-state index >= 15 is 0 Å². The summed E-state index contributed by atoms with van der Waals surface area (Å²) in [5.74, 6) is 0.182. The molecule has 0 atom stereocenters. The Kier molecular flexibility index (Phi) is 3.05. The molecule has 0 radical (unpaired) electrons. The summed E-state index contributed by atoms with van der Waals surface area (Å²) in [6.45, 7) is 1.69. The number of nitrogens with one attached hydrogen (secondary N) is 1.